The first kappa shape index (κ1) is 24.5. The summed E-state index contributed by atoms with van der Waals surface area (Å²) in [5.41, 5.74) is 0.799. The van der Waals surface area contributed by atoms with E-state index >= 15 is 0 Å². The number of aliphatic hydroxyl groups excluding tert-OH is 1. The average molecular weight is 475 g/mol. The fraction of sp³-hybridized carbons (Fsp3) is 0.375. The summed E-state index contributed by atoms with van der Waals surface area (Å²) in [7, 11) is 2.86. The lowest BCUT2D eigenvalue weighted by Gasteiger charge is -2.25. The van der Waals surface area contributed by atoms with Gasteiger partial charge in [-0.1, -0.05) is 11.6 Å². The van der Waals surface area contributed by atoms with E-state index in [2.05, 4.69) is 4.98 Å². The van der Waals surface area contributed by atoms with E-state index in [9.17, 15) is 14.7 Å². The Kier molecular flexibility index (Phi) is 7.94. The van der Waals surface area contributed by atoms with Crippen LogP contribution in [0.4, 0.5) is 0 Å². The zero-order valence-corrected chi connectivity index (χ0v) is 19.8. The van der Waals surface area contributed by atoms with Crippen molar-refractivity contribution in [3.05, 3.63) is 58.4 Å². The number of rotatable bonds is 9. The van der Waals surface area contributed by atoms with Gasteiger partial charge in [0, 0.05) is 31.6 Å². The molecule has 0 bridgehead atoms. The van der Waals surface area contributed by atoms with Gasteiger partial charge in [0.2, 0.25) is 0 Å². The van der Waals surface area contributed by atoms with E-state index in [-0.39, 0.29) is 40.3 Å². The van der Waals surface area contributed by atoms with E-state index in [0.717, 1.165) is 0 Å². The summed E-state index contributed by atoms with van der Waals surface area (Å²) in [6.45, 7) is 4.57. The number of Topliss-reactive ketones (excluding diaryl/α,β-unsaturated/α-hetero) is 1. The maximum absolute atomic E-state index is 13.1. The number of carbonyl (C=O) groups is 2. The SMILES string of the molecule is COc1cc(/C(O)=C2\C(=O)C(=O)N(CCCOC(C)C)C2c2ccncc2)c(OC)cc1Cl. The summed E-state index contributed by atoms with van der Waals surface area (Å²) in [6.07, 6.45) is 3.74. The number of halogens is 1. The second-order valence-corrected chi connectivity index (χ2v) is 8.14. The Morgan fingerprint density at radius 1 is 1.15 bits per heavy atom. The second-order valence-electron chi connectivity index (χ2n) is 7.73. The molecule has 3 rings (SSSR count). The van der Waals surface area contributed by atoms with Gasteiger partial charge >= 0.3 is 0 Å². The highest BCUT2D eigenvalue weighted by molar-refractivity contribution is 6.46. The van der Waals surface area contributed by atoms with Gasteiger partial charge in [0.05, 0.1) is 42.5 Å². The smallest absolute Gasteiger partial charge is 0.295 e. The first-order valence-electron chi connectivity index (χ1n) is 10.5. The zero-order chi connectivity index (χ0) is 24.1. The fourth-order valence-corrected chi connectivity index (χ4v) is 3.98. The first-order valence-corrected chi connectivity index (χ1v) is 10.9. The summed E-state index contributed by atoms with van der Waals surface area (Å²) in [6, 6.07) is 5.58. The van der Waals surface area contributed by atoms with Crippen LogP contribution in [-0.2, 0) is 14.3 Å². The summed E-state index contributed by atoms with van der Waals surface area (Å²) in [5, 5.41) is 11.6. The summed E-state index contributed by atoms with van der Waals surface area (Å²) < 4.78 is 16.2. The lowest BCUT2D eigenvalue weighted by molar-refractivity contribution is -0.140. The predicted molar refractivity (Wildman–Crippen MR) is 124 cm³/mol. The van der Waals surface area contributed by atoms with E-state index in [4.69, 9.17) is 25.8 Å². The van der Waals surface area contributed by atoms with Crippen molar-refractivity contribution in [1.29, 1.82) is 0 Å². The van der Waals surface area contributed by atoms with Gasteiger partial charge in [0.15, 0.2) is 0 Å². The van der Waals surface area contributed by atoms with Gasteiger partial charge in [-0.3, -0.25) is 14.6 Å². The Labute approximate surface area is 197 Å². The van der Waals surface area contributed by atoms with Gasteiger partial charge in [-0.15, -0.1) is 0 Å². The van der Waals surface area contributed by atoms with Gasteiger partial charge in [-0.25, -0.2) is 0 Å². The van der Waals surface area contributed by atoms with E-state index in [1.807, 2.05) is 13.8 Å². The number of likely N-dealkylation sites (tertiary alicyclic amines) is 1. The van der Waals surface area contributed by atoms with Crippen molar-refractivity contribution in [2.24, 2.45) is 0 Å². The number of nitrogens with zero attached hydrogens (tertiary/aromatic N) is 2. The van der Waals surface area contributed by atoms with Crippen molar-refractivity contribution in [1.82, 2.24) is 9.88 Å². The third-order valence-corrected chi connectivity index (χ3v) is 5.58. The number of ketones is 1. The van der Waals surface area contributed by atoms with Crippen molar-refractivity contribution in [3.63, 3.8) is 0 Å². The highest BCUT2D eigenvalue weighted by atomic mass is 35.5. The number of aromatic nitrogens is 1. The number of hydrogen-bond donors (Lipinski definition) is 1. The van der Waals surface area contributed by atoms with E-state index in [1.165, 1.54) is 31.3 Å². The topological polar surface area (TPSA) is 98.2 Å². The second kappa shape index (κ2) is 10.7. The van der Waals surface area contributed by atoms with E-state index in [0.29, 0.717) is 24.3 Å². The van der Waals surface area contributed by atoms with Gasteiger partial charge < -0.3 is 24.2 Å². The number of pyridine rings is 1. The molecule has 1 saturated heterocycles. The lowest BCUT2D eigenvalue weighted by atomic mass is 9.95. The third kappa shape index (κ3) is 5.12. The van der Waals surface area contributed by atoms with Gasteiger partial charge in [-0.2, -0.15) is 0 Å². The minimum Gasteiger partial charge on any atom is -0.507 e. The van der Waals surface area contributed by atoms with Crippen LogP contribution in [0.15, 0.2) is 42.2 Å². The molecule has 33 heavy (non-hydrogen) atoms. The predicted octanol–water partition coefficient (Wildman–Crippen LogP) is 3.99. The molecular formula is C24H27ClN2O6. The number of carbonyl (C=O) groups excluding carboxylic acids is 2. The summed E-state index contributed by atoms with van der Waals surface area (Å²) in [4.78, 5) is 31.6. The minimum absolute atomic E-state index is 0.0429. The van der Waals surface area contributed by atoms with Crippen molar-refractivity contribution >= 4 is 29.1 Å². The van der Waals surface area contributed by atoms with Crippen LogP contribution in [0.3, 0.4) is 0 Å². The normalized spacial score (nSPS) is 17.6. The number of benzene rings is 1. The first-order chi connectivity index (χ1) is 15.8. The molecular weight excluding hydrogens is 448 g/mol. The van der Waals surface area contributed by atoms with Crippen LogP contribution in [-0.4, -0.2) is 60.2 Å². The fourth-order valence-electron chi connectivity index (χ4n) is 3.75. The highest BCUT2D eigenvalue weighted by Gasteiger charge is 2.46. The molecule has 0 spiro atoms. The number of amides is 1. The Morgan fingerprint density at radius 2 is 1.82 bits per heavy atom. The van der Waals surface area contributed by atoms with Crippen LogP contribution >= 0.6 is 11.6 Å². The van der Waals surface area contributed by atoms with Crippen LogP contribution < -0.4 is 9.47 Å². The molecule has 0 radical (unpaired) electrons. The molecule has 1 atom stereocenters. The highest BCUT2D eigenvalue weighted by Crippen LogP contribution is 2.42. The Balaban J connectivity index is 2.11. The number of aliphatic hydroxyl groups is 1. The van der Waals surface area contributed by atoms with Gasteiger partial charge in [-0.05, 0) is 44.0 Å². The molecule has 1 aromatic carbocycles. The zero-order valence-electron chi connectivity index (χ0n) is 19.0. The monoisotopic (exact) mass is 474 g/mol. The summed E-state index contributed by atoms with van der Waals surface area (Å²) >= 11 is 6.19. The summed E-state index contributed by atoms with van der Waals surface area (Å²) in [5.74, 6) is -1.32. The number of methoxy groups -OCH3 is 2. The Hall–Kier alpha value is -3.10. The van der Waals surface area contributed by atoms with Crippen molar-refractivity contribution < 1.29 is 28.9 Å². The molecule has 2 heterocycles. The molecule has 1 fully saturated rings. The van der Waals surface area contributed by atoms with Gasteiger partial charge in [0.1, 0.15) is 17.3 Å². The largest absolute Gasteiger partial charge is 0.507 e. The average Bonchev–Trinajstić information content (AvgIpc) is 3.06. The van der Waals surface area contributed by atoms with Crippen LogP contribution in [0.2, 0.25) is 5.02 Å². The van der Waals surface area contributed by atoms with Crippen molar-refractivity contribution in [3.8, 4) is 11.5 Å². The standard InChI is InChI=1S/C24H27ClN2O6/c1-14(2)33-11-5-10-27-21(15-6-8-26-9-7-15)20(23(29)24(27)30)22(28)16-12-19(32-4)17(25)13-18(16)31-3/h6-9,12-14,21,28H,5,10-11H2,1-4H3/b22-20+. The molecule has 1 aliphatic rings. The van der Waals surface area contributed by atoms with Crippen LogP contribution in [0.5, 0.6) is 11.5 Å². The molecule has 2 aromatic rings. The molecule has 1 unspecified atom stereocenters. The van der Waals surface area contributed by atoms with Crippen molar-refractivity contribution in [2.45, 2.75) is 32.4 Å². The molecule has 1 aromatic heterocycles. The molecule has 0 saturated carbocycles. The molecule has 1 amide bonds. The maximum Gasteiger partial charge on any atom is 0.295 e. The molecule has 9 heteroatoms. The van der Waals surface area contributed by atoms with Crippen LogP contribution in [0.1, 0.15) is 37.4 Å². The van der Waals surface area contributed by atoms with Crippen molar-refractivity contribution in [2.75, 3.05) is 27.4 Å². The maximum atomic E-state index is 13.1. The quantitative estimate of drug-likeness (QED) is 0.254. The van der Waals surface area contributed by atoms with Crippen LogP contribution in [0.25, 0.3) is 5.76 Å². The Morgan fingerprint density at radius 3 is 2.42 bits per heavy atom. The molecule has 0 aliphatic carbocycles. The van der Waals surface area contributed by atoms with E-state index < -0.39 is 17.7 Å². The molecule has 1 aliphatic heterocycles. The minimum atomic E-state index is -0.793. The number of ether oxygens (including phenoxy) is 3. The molecule has 8 nitrogen and oxygen atoms in total. The van der Waals surface area contributed by atoms with E-state index in [1.54, 1.807) is 24.5 Å². The molecule has 1 N–H and O–H groups in total. The van der Waals surface area contributed by atoms with Crippen LogP contribution in [0, 0.1) is 0 Å². The Bertz CT molecular complexity index is 1050. The number of hydrogen-bond acceptors (Lipinski definition) is 7. The third-order valence-electron chi connectivity index (χ3n) is 5.29. The lowest BCUT2D eigenvalue weighted by Crippen LogP contribution is -2.31. The molecule has 176 valence electrons. The van der Waals surface area contributed by atoms with Gasteiger partial charge in [0.25, 0.3) is 11.7 Å².